The van der Waals surface area contributed by atoms with Crippen LogP contribution in [0.3, 0.4) is 0 Å². The van der Waals surface area contributed by atoms with Gasteiger partial charge in [0.1, 0.15) is 11.6 Å². The summed E-state index contributed by atoms with van der Waals surface area (Å²) in [6.07, 6.45) is 0. The highest BCUT2D eigenvalue weighted by Crippen LogP contribution is 2.47. The van der Waals surface area contributed by atoms with Crippen LogP contribution in [0.15, 0.2) is 48.5 Å². The maximum atomic E-state index is 13.5. The van der Waals surface area contributed by atoms with Crippen LogP contribution in [0.5, 0.6) is 5.75 Å². The third-order valence-electron chi connectivity index (χ3n) is 5.05. The highest BCUT2D eigenvalue weighted by molar-refractivity contribution is 6.10. The van der Waals surface area contributed by atoms with Crippen molar-refractivity contribution in [3.8, 4) is 5.75 Å². The number of amides is 1. The molecular formula is C22H22FN3O2. The molecule has 1 aliphatic rings. The number of rotatable bonds is 3. The highest BCUT2D eigenvalue weighted by Gasteiger charge is 2.45. The zero-order valence-corrected chi connectivity index (χ0v) is 16.3. The zero-order valence-electron chi connectivity index (χ0n) is 16.3. The fraction of sp³-hybridized carbons (Fsp3) is 0.273. The second kappa shape index (κ2) is 6.48. The van der Waals surface area contributed by atoms with Crippen molar-refractivity contribution < 1.29 is 13.9 Å². The van der Waals surface area contributed by atoms with Crippen LogP contribution in [0, 0.1) is 5.82 Å². The van der Waals surface area contributed by atoms with Crippen LogP contribution in [0.4, 0.5) is 10.1 Å². The van der Waals surface area contributed by atoms with Gasteiger partial charge in [-0.15, -0.1) is 0 Å². The van der Waals surface area contributed by atoms with Gasteiger partial charge in [-0.1, -0.05) is 39.0 Å². The van der Waals surface area contributed by atoms with Crippen LogP contribution in [0.25, 0.3) is 0 Å². The highest BCUT2D eigenvalue weighted by atomic mass is 19.1. The van der Waals surface area contributed by atoms with Crippen LogP contribution in [0.1, 0.15) is 54.1 Å². The lowest BCUT2D eigenvalue weighted by Gasteiger charge is -2.29. The van der Waals surface area contributed by atoms with Crippen LogP contribution >= 0.6 is 0 Å². The number of ether oxygens (including phenoxy) is 1. The van der Waals surface area contributed by atoms with E-state index in [1.807, 2.05) is 24.3 Å². The number of carbonyl (C=O) groups is 1. The Labute approximate surface area is 163 Å². The molecule has 2 heterocycles. The summed E-state index contributed by atoms with van der Waals surface area (Å²) >= 11 is 0. The van der Waals surface area contributed by atoms with Crippen LogP contribution in [0.2, 0.25) is 0 Å². The van der Waals surface area contributed by atoms with E-state index in [-0.39, 0.29) is 17.1 Å². The minimum absolute atomic E-state index is 0.218. The molecule has 3 aromatic rings. The van der Waals surface area contributed by atoms with Gasteiger partial charge >= 0.3 is 0 Å². The van der Waals surface area contributed by atoms with Gasteiger partial charge in [-0.3, -0.25) is 14.8 Å². The summed E-state index contributed by atoms with van der Waals surface area (Å²) in [6.45, 7) is 6.22. The summed E-state index contributed by atoms with van der Waals surface area (Å²) in [7, 11) is 1.61. The monoisotopic (exact) mass is 379 g/mol. The smallest absolute Gasteiger partial charge is 0.280 e. The number of fused-ring (bicyclic) bond motifs is 1. The largest absolute Gasteiger partial charge is 0.496 e. The lowest BCUT2D eigenvalue weighted by molar-refractivity contribution is 0.0988. The maximum absolute atomic E-state index is 13.5. The molecule has 1 N–H and O–H groups in total. The summed E-state index contributed by atoms with van der Waals surface area (Å²) < 4.78 is 19.1. The molecule has 1 atom stereocenters. The first kappa shape index (κ1) is 18.2. The average molecular weight is 379 g/mol. The van der Waals surface area contributed by atoms with Gasteiger partial charge in [0, 0.05) is 27.9 Å². The van der Waals surface area contributed by atoms with Gasteiger partial charge in [0.25, 0.3) is 5.91 Å². The van der Waals surface area contributed by atoms with Crippen LogP contribution < -0.4 is 9.64 Å². The number of nitrogens with zero attached hydrogens (tertiary/aromatic N) is 2. The Hall–Kier alpha value is -3.15. The number of halogens is 1. The quantitative estimate of drug-likeness (QED) is 0.723. The Bertz CT molecular complexity index is 1030. The molecule has 0 spiro atoms. The summed E-state index contributed by atoms with van der Waals surface area (Å²) in [6, 6.07) is 13.1. The number of para-hydroxylation sites is 1. The lowest BCUT2D eigenvalue weighted by Crippen LogP contribution is -2.30. The molecule has 1 amide bonds. The van der Waals surface area contributed by atoms with E-state index in [1.165, 1.54) is 12.1 Å². The van der Waals surface area contributed by atoms with Gasteiger partial charge in [0.2, 0.25) is 0 Å². The van der Waals surface area contributed by atoms with Crippen molar-refractivity contribution in [3.63, 3.8) is 0 Å². The molecule has 5 nitrogen and oxygen atoms in total. The maximum Gasteiger partial charge on any atom is 0.280 e. The van der Waals surface area contributed by atoms with E-state index in [0.717, 1.165) is 16.8 Å². The van der Waals surface area contributed by atoms with Gasteiger partial charge in [-0.25, -0.2) is 4.39 Å². The molecule has 0 aliphatic carbocycles. The molecule has 2 aromatic carbocycles. The third kappa shape index (κ3) is 2.76. The molecule has 0 saturated carbocycles. The van der Waals surface area contributed by atoms with Gasteiger partial charge in [-0.2, -0.15) is 5.10 Å². The summed E-state index contributed by atoms with van der Waals surface area (Å²) in [5.74, 6) is 0.114. The predicted octanol–water partition coefficient (Wildman–Crippen LogP) is 4.60. The second-order valence-corrected chi connectivity index (χ2v) is 7.91. The Morgan fingerprint density at radius 1 is 1.11 bits per heavy atom. The number of aromatic amines is 1. The van der Waals surface area contributed by atoms with Gasteiger partial charge < -0.3 is 4.74 Å². The van der Waals surface area contributed by atoms with Crippen molar-refractivity contribution in [3.05, 3.63) is 76.9 Å². The number of aromatic nitrogens is 2. The molecule has 28 heavy (non-hydrogen) atoms. The molecule has 0 saturated heterocycles. The third-order valence-corrected chi connectivity index (χ3v) is 5.05. The van der Waals surface area contributed by atoms with Crippen molar-refractivity contribution in [2.24, 2.45) is 0 Å². The number of H-pyrrole nitrogens is 1. The SMILES string of the molecule is COc1ccccc1[C@H]1c2c(n[nH]c2C(C)(C)C)C(=O)N1c1ccc(F)cc1. The zero-order chi connectivity index (χ0) is 20.1. The standard InChI is InChI=1S/C22H22FN3O2/c1-22(2,3)20-17-18(24-25-20)21(27)26(14-11-9-13(23)10-12-14)19(17)15-7-5-6-8-16(15)28-4/h5-12,19H,1-4H3,(H,24,25)/t19-/m0/s1. The number of benzene rings is 2. The Morgan fingerprint density at radius 3 is 2.43 bits per heavy atom. The first-order valence-electron chi connectivity index (χ1n) is 9.13. The fourth-order valence-electron chi connectivity index (χ4n) is 3.77. The van der Waals surface area contributed by atoms with E-state index < -0.39 is 6.04 Å². The molecule has 1 aromatic heterocycles. The molecule has 6 heteroatoms. The minimum atomic E-state index is -0.419. The Kier molecular flexibility index (Phi) is 4.22. The molecular weight excluding hydrogens is 357 g/mol. The van der Waals surface area contributed by atoms with Crippen molar-refractivity contribution in [2.75, 3.05) is 12.0 Å². The van der Waals surface area contributed by atoms with E-state index in [2.05, 4.69) is 31.0 Å². The van der Waals surface area contributed by atoms with E-state index >= 15 is 0 Å². The average Bonchev–Trinajstić information content (AvgIpc) is 3.22. The first-order valence-corrected chi connectivity index (χ1v) is 9.13. The van der Waals surface area contributed by atoms with E-state index in [4.69, 9.17) is 4.74 Å². The van der Waals surface area contributed by atoms with Crippen molar-refractivity contribution in [1.82, 2.24) is 10.2 Å². The number of nitrogens with one attached hydrogen (secondary N) is 1. The molecule has 0 radical (unpaired) electrons. The minimum Gasteiger partial charge on any atom is -0.496 e. The summed E-state index contributed by atoms with van der Waals surface area (Å²) in [5.41, 5.74) is 3.36. The number of hydrogen-bond acceptors (Lipinski definition) is 3. The van der Waals surface area contributed by atoms with Crippen molar-refractivity contribution >= 4 is 11.6 Å². The van der Waals surface area contributed by atoms with Crippen LogP contribution in [-0.2, 0) is 5.41 Å². The predicted molar refractivity (Wildman–Crippen MR) is 105 cm³/mol. The molecule has 0 unspecified atom stereocenters. The number of hydrogen-bond donors (Lipinski definition) is 1. The number of methoxy groups -OCH3 is 1. The first-order chi connectivity index (χ1) is 13.3. The summed E-state index contributed by atoms with van der Waals surface area (Å²) in [5, 5.41) is 7.40. The molecule has 0 bridgehead atoms. The fourth-order valence-corrected chi connectivity index (χ4v) is 3.77. The molecule has 0 fully saturated rings. The van der Waals surface area contributed by atoms with Gasteiger partial charge in [0.15, 0.2) is 5.69 Å². The normalized spacial score (nSPS) is 16.4. The Balaban J connectivity index is 1.98. The molecule has 144 valence electrons. The second-order valence-electron chi connectivity index (χ2n) is 7.91. The van der Waals surface area contributed by atoms with E-state index in [0.29, 0.717) is 17.1 Å². The summed E-state index contributed by atoms with van der Waals surface area (Å²) in [4.78, 5) is 15.0. The molecule has 4 rings (SSSR count). The van der Waals surface area contributed by atoms with Gasteiger partial charge in [0.05, 0.1) is 13.2 Å². The van der Waals surface area contributed by atoms with E-state index in [1.54, 1.807) is 24.1 Å². The van der Waals surface area contributed by atoms with E-state index in [9.17, 15) is 9.18 Å². The Morgan fingerprint density at radius 2 is 1.79 bits per heavy atom. The van der Waals surface area contributed by atoms with Gasteiger partial charge in [-0.05, 0) is 30.3 Å². The lowest BCUT2D eigenvalue weighted by atomic mass is 9.85. The number of carbonyl (C=O) groups excluding carboxylic acids is 1. The van der Waals surface area contributed by atoms with Crippen molar-refractivity contribution in [2.45, 2.75) is 32.2 Å². The topological polar surface area (TPSA) is 58.2 Å². The van der Waals surface area contributed by atoms with Crippen LogP contribution in [-0.4, -0.2) is 23.2 Å². The molecule has 1 aliphatic heterocycles. The van der Waals surface area contributed by atoms with Crippen molar-refractivity contribution in [1.29, 1.82) is 0 Å². The number of anilines is 1.